The van der Waals surface area contributed by atoms with E-state index in [2.05, 4.69) is 20.8 Å². The van der Waals surface area contributed by atoms with Crippen LogP contribution in [-0.4, -0.2) is 29.2 Å². The maximum atomic E-state index is 13.1. The first-order chi connectivity index (χ1) is 7.65. The number of aliphatic hydroxyl groups is 1. The molecule has 1 heterocycles. The first-order valence-corrected chi connectivity index (χ1v) is 6.29. The molecule has 0 radical (unpaired) electrons. The number of rotatable bonds is 2. The van der Waals surface area contributed by atoms with Crippen molar-refractivity contribution in [3.05, 3.63) is 34.1 Å². The molecule has 0 amide bonds. The predicted molar refractivity (Wildman–Crippen MR) is 64.6 cm³/mol. The van der Waals surface area contributed by atoms with Crippen LogP contribution >= 0.6 is 15.9 Å². The predicted octanol–water partition coefficient (Wildman–Crippen LogP) is 2.54. The molecule has 0 aromatic heterocycles. The van der Waals surface area contributed by atoms with Crippen molar-refractivity contribution in [2.75, 3.05) is 13.1 Å². The van der Waals surface area contributed by atoms with E-state index in [1.165, 1.54) is 6.07 Å². The minimum Gasteiger partial charge on any atom is -0.392 e. The van der Waals surface area contributed by atoms with Crippen LogP contribution in [0.25, 0.3) is 0 Å². The van der Waals surface area contributed by atoms with Crippen molar-refractivity contribution in [2.24, 2.45) is 0 Å². The summed E-state index contributed by atoms with van der Waals surface area (Å²) in [4.78, 5) is 2.16. The maximum absolute atomic E-state index is 13.1. The summed E-state index contributed by atoms with van der Waals surface area (Å²) in [5.41, 5.74) is 0.939. The molecule has 1 fully saturated rings. The van der Waals surface area contributed by atoms with Crippen LogP contribution in [0, 0.1) is 5.82 Å². The molecular weight excluding hydrogens is 273 g/mol. The number of hydrogen-bond donors (Lipinski definition) is 1. The van der Waals surface area contributed by atoms with E-state index in [4.69, 9.17) is 0 Å². The molecule has 4 heteroatoms. The third kappa shape index (κ3) is 3.03. The van der Waals surface area contributed by atoms with E-state index in [9.17, 15) is 9.50 Å². The summed E-state index contributed by atoms with van der Waals surface area (Å²) in [6.45, 7) is 2.35. The van der Waals surface area contributed by atoms with Gasteiger partial charge in [-0.15, -0.1) is 0 Å². The van der Waals surface area contributed by atoms with E-state index in [1.54, 1.807) is 12.1 Å². The highest BCUT2D eigenvalue weighted by molar-refractivity contribution is 9.10. The van der Waals surface area contributed by atoms with E-state index in [0.29, 0.717) is 13.1 Å². The highest BCUT2D eigenvalue weighted by atomic mass is 79.9. The van der Waals surface area contributed by atoms with Crippen molar-refractivity contribution in [1.29, 1.82) is 0 Å². The lowest BCUT2D eigenvalue weighted by molar-refractivity contribution is 0.0667. The van der Waals surface area contributed by atoms with Gasteiger partial charge < -0.3 is 5.11 Å². The molecule has 2 rings (SSSR count). The summed E-state index contributed by atoms with van der Waals surface area (Å²) < 4.78 is 14.0. The molecule has 1 aromatic carbocycles. The van der Waals surface area contributed by atoms with Gasteiger partial charge in [-0.2, -0.15) is 0 Å². The molecular formula is C12H15BrFNO. The smallest absolute Gasteiger partial charge is 0.123 e. The van der Waals surface area contributed by atoms with E-state index in [-0.39, 0.29) is 11.9 Å². The van der Waals surface area contributed by atoms with Crippen LogP contribution in [-0.2, 0) is 6.54 Å². The zero-order chi connectivity index (χ0) is 11.5. The van der Waals surface area contributed by atoms with Gasteiger partial charge in [-0.25, -0.2) is 4.39 Å². The average Bonchev–Trinajstić information content (AvgIpc) is 2.24. The van der Waals surface area contributed by atoms with Crippen molar-refractivity contribution < 1.29 is 9.50 Å². The fourth-order valence-electron chi connectivity index (χ4n) is 2.08. The van der Waals surface area contributed by atoms with E-state index < -0.39 is 0 Å². The SMILES string of the molecule is OC1CCCN(Cc2cc(F)ccc2Br)C1. The number of piperidine rings is 1. The molecule has 1 atom stereocenters. The Morgan fingerprint density at radius 3 is 3.06 bits per heavy atom. The second-order valence-corrected chi connectivity index (χ2v) is 5.12. The summed E-state index contributed by atoms with van der Waals surface area (Å²) in [6.07, 6.45) is 1.65. The van der Waals surface area contributed by atoms with Crippen LogP contribution < -0.4 is 0 Å². The number of nitrogens with zero attached hydrogens (tertiary/aromatic N) is 1. The number of benzene rings is 1. The van der Waals surface area contributed by atoms with Crippen LogP contribution in [0.3, 0.4) is 0 Å². The number of halogens is 2. The number of hydrogen-bond acceptors (Lipinski definition) is 2. The molecule has 1 N–H and O–H groups in total. The van der Waals surface area contributed by atoms with Crippen molar-refractivity contribution >= 4 is 15.9 Å². The Morgan fingerprint density at radius 1 is 1.50 bits per heavy atom. The van der Waals surface area contributed by atoms with Gasteiger partial charge in [0, 0.05) is 17.6 Å². The highest BCUT2D eigenvalue weighted by Gasteiger charge is 2.18. The van der Waals surface area contributed by atoms with E-state index >= 15 is 0 Å². The minimum absolute atomic E-state index is 0.212. The van der Waals surface area contributed by atoms with Crippen LogP contribution in [0.4, 0.5) is 4.39 Å². The Kier molecular flexibility index (Phi) is 3.95. The van der Waals surface area contributed by atoms with Gasteiger partial charge in [-0.3, -0.25) is 4.90 Å². The summed E-state index contributed by atoms with van der Waals surface area (Å²) in [6, 6.07) is 4.72. The highest BCUT2D eigenvalue weighted by Crippen LogP contribution is 2.21. The molecule has 1 unspecified atom stereocenters. The molecule has 88 valence electrons. The molecule has 2 nitrogen and oxygen atoms in total. The van der Waals surface area contributed by atoms with Gasteiger partial charge in [0.05, 0.1) is 6.10 Å². The van der Waals surface area contributed by atoms with Gasteiger partial charge in [0.25, 0.3) is 0 Å². The van der Waals surface area contributed by atoms with Crippen LogP contribution in [0.15, 0.2) is 22.7 Å². The summed E-state index contributed by atoms with van der Waals surface area (Å²) in [7, 11) is 0. The van der Waals surface area contributed by atoms with Crippen molar-refractivity contribution in [2.45, 2.75) is 25.5 Å². The Balaban J connectivity index is 2.05. The van der Waals surface area contributed by atoms with Gasteiger partial charge in [0.1, 0.15) is 5.82 Å². The Morgan fingerprint density at radius 2 is 2.31 bits per heavy atom. The number of aliphatic hydroxyl groups excluding tert-OH is 1. The first-order valence-electron chi connectivity index (χ1n) is 5.49. The first kappa shape index (κ1) is 12.0. The molecule has 0 spiro atoms. The van der Waals surface area contributed by atoms with Crippen molar-refractivity contribution in [1.82, 2.24) is 4.90 Å². The molecule has 1 aromatic rings. The number of likely N-dealkylation sites (tertiary alicyclic amines) is 1. The van der Waals surface area contributed by atoms with Crippen molar-refractivity contribution in [3.8, 4) is 0 Å². The monoisotopic (exact) mass is 287 g/mol. The lowest BCUT2D eigenvalue weighted by atomic mass is 10.1. The lowest BCUT2D eigenvalue weighted by Crippen LogP contribution is -2.37. The second kappa shape index (κ2) is 5.25. The number of β-amino-alcohol motifs (C(OH)–C–C–N with tert-alkyl or cyclic N) is 1. The fourth-order valence-corrected chi connectivity index (χ4v) is 2.45. The zero-order valence-corrected chi connectivity index (χ0v) is 10.6. The third-order valence-electron chi connectivity index (χ3n) is 2.88. The van der Waals surface area contributed by atoms with Gasteiger partial charge in [-0.05, 0) is 43.1 Å². The lowest BCUT2D eigenvalue weighted by Gasteiger charge is -2.30. The molecule has 16 heavy (non-hydrogen) atoms. The maximum Gasteiger partial charge on any atom is 0.123 e. The Hall–Kier alpha value is -0.450. The standard InChI is InChI=1S/C12H15BrFNO/c13-12-4-3-10(14)6-9(12)7-15-5-1-2-11(16)8-15/h3-4,6,11,16H,1-2,5,7-8H2. The second-order valence-electron chi connectivity index (χ2n) is 4.27. The largest absolute Gasteiger partial charge is 0.392 e. The average molecular weight is 288 g/mol. The van der Waals surface area contributed by atoms with Gasteiger partial charge in [0.2, 0.25) is 0 Å². The topological polar surface area (TPSA) is 23.5 Å². The molecule has 1 aliphatic rings. The van der Waals surface area contributed by atoms with Crippen LogP contribution in [0.2, 0.25) is 0 Å². The normalized spacial score (nSPS) is 22.3. The fraction of sp³-hybridized carbons (Fsp3) is 0.500. The van der Waals surface area contributed by atoms with Gasteiger partial charge >= 0.3 is 0 Å². The van der Waals surface area contributed by atoms with E-state index in [0.717, 1.165) is 29.4 Å². The Bertz CT molecular complexity index is 372. The van der Waals surface area contributed by atoms with Gasteiger partial charge in [0.15, 0.2) is 0 Å². The van der Waals surface area contributed by atoms with Crippen LogP contribution in [0.1, 0.15) is 18.4 Å². The summed E-state index contributed by atoms with van der Waals surface area (Å²) >= 11 is 3.42. The third-order valence-corrected chi connectivity index (χ3v) is 3.66. The van der Waals surface area contributed by atoms with Crippen LogP contribution in [0.5, 0.6) is 0 Å². The van der Waals surface area contributed by atoms with E-state index in [1.807, 2.05) is 0 Å². The zero-order valence-electron chi connectivity index (χ0n) is 9.00. The molecule has 1 aliphatic heterocycles. The molecule has 0 bridgehead atoms. The molecule has 1 saturated heterocycles. The Labute approximate surface area is 103 Å². The summed E-state index contributed by atoms with van der Waals surface area (Å²) in [5.74, 6) is -0.212. The minimum atomic E-state index is -0.235. The summed E-state index contributed by atoms with van der Waals surface area (Å²) in [5, 5.41) is 9.55. The quantitative estimate of drug-likeness (QED) is 0.904. The molecule has 0 aliphatic carbocycles. The van der Waals surface area contributed by atoms with Crippen molar-refractivity contribution in [3.63, 3.8) is 0 Å². The van der Waals surface area contributed by atoms with Gasteiger partial charge in [-0.1, -0.05) is 15.9 Å². The molecule has 0 saturated carbocycles.